The van der Waals surface area contributed by atoms with Crippen LogP contribution in [0.1, 0.15) is 24.0 Å². The van der Waals surface area contributed by atoms with E-state index in [-0.39, 0.29) is 54.4 Å². The Morgan fingerprint density at radius 2 is 1.67 bits per heavy atom. The van der Waals surface area contributed by atoms with Crippen molar-refractivity contribution >= 4 is 23.4 Å². The number of nitrogens with one attached hydrogen (secondary N) is 1. The lowest BCUT2D eigenvalue weighted by Crippen LogP contribution is -2.40. The number of anilines is 1. The van der Waals surface area contributed by atoms with E-state index in [2.05, 4.69) is 17.5 Å². The molecule has 5 heteroatoms. The monoisotopic (exact) mass is 364 g/mol. The predicted octanol–water partition coefficient (Wildman–Crippen LogP) is 2.69. The molecular formula is C22H24N2O3. The Morgan fingerprint density at radius 3 is 2.26 bits per heavy atom. The Kier molecular flexibility index (Phi) is 3.58. The zero-order chi connectivity index (χ0) is 18.9. The summed E-state index contributed by atoms with van der Waals surface area (Å²) < 4.78 is 0. The van der Waals surface area contributed by atoms with Crippen LogP contribution < -0.4 is 5.32 Å². The van der Waals surface area contributed by atoms with Crippen LogP contribution in [0.3, 0.4) is 0 Å². The molecular weight excluding hydrogens is 340 g/mol. The first-order valence-electron chi connectivity index (χ1n) is 9.86. The van der Waals surface area contributed by atoms with E-state index in [1.54, 1.807) is 0 Å². The lowest BCUT2D eigenvalue weighted by atomic mass is 9.63. The molecule has 1 saturated heterocycles. The Morgan fingerprint density at radius 1 is 1.04 bits per heavy atom. The highest BCUT2D eigenvalue weighted by molar-refractivity contribution is 6.06. The maximum absolute atomic E-state index is 12.9. The topological polar surface area (TPSA) is 66.5 Å². The van der Waals surface area contributed by atoms with Crippen LogP contribution in [0, 0.1) is 49.4 Å². The highest BCUT2D eigenvalue weighted by Gasteiger charge is 2.66. The highest BCUT2D eigenvalue weighted by atomic mass is 16.2. The van der Waals surface area contributed by atoms with Crippen molar-refractivity contribution < 1.29 is 14.4 Å². The smallest absolute Gasteiger partial charge is 0.233 e. The van der Waals surface area contributed by atoms with E-state index in [1.165, 1.54) is 10.5 Å². The first-order chi connectivity index (χ1) is 13.0. The van der Waals surface area contributed by atoms with Crippen LogP contribution in [0.2, 0.25) is 0 Å². The molecule has 1 heterocycles. The van der Waals surface area contributed by atoms with Crippen molar-refractivity contribution in [1.29, 1.82) is 0 Å². The van der Waals surface area contributed by atoms with Crippen molar-refractivity contribution in [3.8, 4) is 0 Å². The maximum atomic E-state index is 12.9. The molecule has 1 aliphatic heterocycles. The molecule has 1 aromatic rings. The number of likely N-dealkylation sites (tertiary alicyclic amines) is 1. The van der Waals surface area contributed by atoms with Gasteiger partial charge in [-0.25, -0.2) is 0 Å². The highest BCUT2D eigenvalue weighted by Crippen LogP contribution is 2.65. The molecule has 2 saturated carbocycles. The van der Waals surface area contributed by atoms with Crippen molar-refractivity contribution in [1.82, 2.24) is 4.90 Å². The Bertz CT molecular complexity index is 854. The van der Waals surface area contributed by atoms with E-state index >= 15 is 0 Å². The Balaban J connectivity index is 1.24. The standard InChI is InChI=1S/C22H24N2O3/c1-11-3-4-13(9-12(11)2)23-18(25)7-8-24-21(26)19-14-5-6-15(17-10-16(14)17)20(19)22(24)27/h3-6,9,14-17,19-20H,7-8,10H2,1-2H3,(H,23,25). The summed E-state index contributed by atoms with van der Waals surface area (Å²) in [5.74, 6) is 1.02. The molecule has 2 bridgehead atoms. The predicted molar refractivity (Wildman–Crippen MR) is 101 cm³/mol. The Hall–Kier alpha value is -2.43. The quantitative estimate of drug-likeness (QED) is 0.660. The summed E-state index contributed by atoms with van der Waals surface area (Å²) >= 11 is 0. The maximum Gasteiger partial charge on any atom is 0.233 e. The molecule has 5 nitrogen and oxygen atoms in total. The number of carbonyl (C=O) groups is 3. The first kappa shape index (κ1) is 16.7. The van der Waals surface area contributed by atoms with Gasteiger partial charge in [-0.15, -0.1) is 0 Å². The number of benzene rings is 1. The van der Waals surface area contributed by atoms with Gasteiger partial charge in [-0.2, -0.15) is 0 Å². The fraction of sp³-hybridized carbons (Fsp3) is 0.500. The van der Waals surface area contributed by atoms with Gasteiger partial charge in [-0.3, -0.25) is 19.3 Å². The number of amides is 3. The van der Waals surface area contributed by atoms with Crippen molar-refractivity contribution in [2.24, 2.45) is 35.5 Å². The molecule has 6 atom stereocenters. The lowest BCUT2D eigenvalue weighted by Gasteiger charge is -2.37. The molecule has 1 aromatic carbocycles. The molecule has 0 spiro atoms. The first-order valence-corrected chi connectivity index (χ1v) is 9.86. The van der Waals surface area contributed by atoms with Gasteiger partial charge in [0.05, 0.1) is 11.8 Å². The number of nitrogens with zero attached hydrogens (tertiary/aromatic N) is 1. The van der Waals surface area contributed by atoms with E-state index in [4.69, 9.17) is 0 Å². The minimum absolute atomic E-state index is 0.0614. The fourth-order valence-electron chi connectivity index (χ4n) is 5.50. The summed E-state index contributed by atoms with van der Waals surface area (Å²) in [6.45, 7) is 4.20. The molecule has 6 unspecified atom stereocenters. The molecule has 6 rings (SSSR count). The normalized spacial score (nSPS) is 35.3. The number of carbonyl (C=O) groups excluding carboxylic acids is 3. The van der Waals surface area contributed by atoms with E-state index < -0.39 is 0 Å². The molecule has 1 N–H and O–H groups in total. The largest absolute Gasteiger partial charge is 0.326 e. The molecule has 3 fully saturated rings. The number of rotatable bonds is 4. The zero-order valence-corrected chi connectivity index (χ0v) is 15.6. The summed E-state index contributed by atoms with van der Waals surface area (Å²) in [6.07, 6.45) is 5.63. The van der Waals surface area contributed by atoms with Crippen LogP contribution in [-0.4, -0.2) is 29.2 Å². The average Bonchev–Trinajstić information content (AvgIpc) is 3.42. The minimum Gasteiger partial charge on any atom is -0.326 e. The summed E-state index contributed by atoms with van der Waals surface area (Å²) in [5, 5.41) is 2.87. The van der Waals surface area contributed by atoms with E-state index in [1.807, 2.05) is 32.0 Å². The van der Waals surface area contributed by atoms with Gasteiger partial charge in [0.2, 0.25) is 17.7 Å². The molecule has 140 valence electrons. The third-order valence-corrected chi connectivity index (χ3v) is 7.11. The molecule has 5 aliphatic rings. The van der Waals surface area contributed by atoms with Crippen molar-refractivity contribution in [3.05, 3.63) is 41.5 Å². The third kappa shape index (κ3) is 2.47. The second-order valence-electron chi connectivity index (χ2n) is 8.58. The SMILES string of the molecule is Cc1ccc(NC(=O)CCN2C(=O)C3C4C=CC(C5CC45)C3C2=O)cc1C. The summed E-state index contributed by atoms with van der Waals surface area (Å²) in [6, 6.07) is 5.78. The summed E-state index contributed by atoms with van der Waals surface area (Å²) in [7, 11) is 0. The number of hydrogen-bond acceptors (Lipinski definition) is 3. The van der Waals surface area contributed by atoms with E-state index in [9.17, 15) is 14.4 Å². The number of imide groups is 1. The average molecular weight is 364 g/mol. The second-order valence-corrected chi connectivity index (χ2v) is 8.58. The van der Waals surface area contributed by atoms with Crippen LogP contribution in [0.5, 0.6) is 0 Å². The zero-order valence-electron chi connectivity index (χ0n) is 15.6. The molecule has 4 aliphatic carbocycles. The van der Waals surface area contributed by atoms with Crippen LogP contribution in [-0.2, 0) is 14.4 Å². The minimum atomic E-state index is -0.181. The van der Waals surface area contributed by atoms with Gasteiger partial charge in [0.25, 0.3) is 0 Å². The van der Waals surface area contributed by atoms with E-state index in [0.29, 0.717) is 11.8 Å². The van der Waals surface area contributed by atoms with Crippen molar-refractivity contribution in [3.63, 3.8) is 0 Å². The lowest BCUT2D eigenvalue weighted by molar-refractivity contribution is -0.140. The Labute approximate surface area is 158 Å². The number of hydrogen-bond donors (Lipinski definition) is 1. The van der Waals surface area contributed by atoms with Gasteiger partial charge in [0, 0.05) is 18.7 Å². The third-order valence-electron chi connectivity index (χ3n) is 7.11. The van der Waals surface area contributed by atoms with Gasteiger partial charge in [-0.1, -0.05) is 18.2 Å². The molecule has 0 aromatic heterocycles. The van der Waals surface area contributed by atoms with E-state index in [0.717, 1.165) is 17.7 Å². The molecule has 27 heavy (non-hydrogen) atoms. The fourth-order valence-corrected chi connectivity index (χ4v) is 5.50. The van der Waals surface area contributed by atoms with Crippen LogP contribution in [0.25, 0.3) is 0 Å². The van der Waals surface area contributed by atoms with Gasteiger partial charge in [-0.05, 0) is 67.2 Å². The van der Waals surface area contributed by atoms with Crippen molar-refractivity contribution in [2.45, 2.75) is 26.7 Å². The molecule has 3 amide bonds. The van der Waals surface area contributed by atoms with Crippen LogP contribution >= 0.6 is 0 Å². The number of allylic oxidation sites excluding steroid dienone is 2. The van der Waals surface area contributed by atoms with Crippen LogP contribution in [0.4, 0.5) is 5.69 Å². The van der Waals surface area contributed by atoms with Crippen molar-refractivity contribution in [2.75, 3.05) is 11.9 Å². The van der Waals surface area contributed by atoms with Gasteiger partial charge in [0.1, 0.15) is 0 Å². The summed E-state index contributed by atoms with van der Waals surface area (Å²) in [5.41, 5.74) is 3.03. The van der Waals surface area contributed by atoms with Crippen LogP contribution in [0.15, 0.2) is 30.4 Å². The van der Waals surface area contributed by atoms with Gasteiger partial charge in [0.15, 0.2) is 0 Å². The molecule has 0 radical (unpaired) electrons. The summed E-state index contributed by atoms with van der Waals surface area (Å²) in [4.78, 5) is 39.5. The second kappa shape index (κ2) is 5.78. The van der Waals surface area contributed by atoms with Gasteiger partial charge >= 0.3 is 0 Å². The number of aryl methyl sites for hydroxylation is 2. The van der Waals surface area contributed by atoms with Gasteiger partial charge < -0.3 is 5.32 Å².